The highest BCUT2D eigenvalue weighted by Crippen LogP contribution is 2.24. The Kier molecular flexibility index (Phi) is 2.91. The van der Waals surface area contributed by atoms with E-state index in [1.165, 1.54) is 6.20 Å². The molecule has 5 nitrogen and oxygen atoms in total. The summed E-state index contributed by atoms with van der Waals surface area (Å²) in [5.41, 5.74) is 11.5. The first-order valence-corrected chi connectivity index (χ1v) is 4.95. The number of nitrogen functional groups attached to an aromatic ring is 1. The van der Waals surface area contributed by atoms with Gasteiger partial charge >= 0.3 is 0 Å². The summed E-state index contributed by atoms with van der Waals surface area (Å²) in [4.78, 5) is 15.0. The molecular weight excluding hydrogens is 218 g/mol. The quantitative estimate of drug-likeness (QED) is 0.781. The van der Waals surface area contributed by atoms with Gasteiger partial charge in [0.2, 0.25) is 0 Å². The van der Waals surface area contributed by atoms with Crippen LogP contribution in [-0.4, -0.2) is 10.9 Å². The lowest BCUT2D eigenvalue weighted by molar-refractivity contribution is 0.0993. The second-order valence-corrected chi connectivity index (χ2v) is 3.39. The molecule has 0 fully saturated rings. The van der Waals surface area contributed by atoms with Gasteiger partial charge in [-0.25, -0.2) is 4.98 Å². The predicted molar refractivity (Wildman–Crippen MR) is 63.7 cm³/mol. The second-order valence-electron chi connectivity index (χ2n) is 3.39. The Labute approximate surface area is 98.0 Å². The van der Waals surface area contributed by atoms with Gasteiger partial charge in [-0.2, -0.15) is 0 Å². The molecule has 1 aromatic carbocycles. The SMILES string of the molecule is NC(=O)c1ncccc1Oc1ccc(N)cc1. The maximum absolute atomic E-state index is 11.1. The van der Waals surface area contributed by atoms with E-state index in [-0.39, 0.29) is 5.69 Å². The average Bonchev–Trinajstić information content (AvgIpc) is 2.32. The molecule has 0 aliphatic carbocycles. The van der Waals surface area contributed by atoms with Gasteiger partial charge in [0.05, 0.1) is 0 Å². The van der Waals surface area contributed by atoms with Crippen LogP contribution in [0.25, 0.3) is 0 Å². The maximum Gasteiger partial charge on any atom is 0.271 e. The van der Waals surface area contributed by atoms with Gasteiger partial charge in [-0.3, -0.25) is 4.79 Å². The molecular formula is C12H11N3O2. The third-order valence-corrected chi connectivity index (χ3v) is 2.11. The van der Waals surface area contributed by atoms with Crippen molar-refractivity contribution in [1.82, 2.24) is 4.98 Å². The summed E-state index contributed by atoms with van der Waals surface area (Å²) < 4.78 is 5.51. The summed E-state index contributed by atoms with van der Waals surface area (Å²) in [5.74, 6) is 0.260. The minimum Gasteiger partial charge on any atom is -0.455 e. The molecule has 4 N–H and O–H groups in total. The standard InChI is InChI=1S/C12H11N3O2/c13-8-3-5-9(6-4-8)17-10-2-1-7-15-11(10)12(14)16/h1-7H,13H2,(H2,14,16). The number of pyridine rings is 1. The first-order chi connectivity index (χ1) is 8.16. The monoisotopic (exact) mass is 229 g/mol. The van der Waals surface area contributed by atoms with Crippen molar-refractivity contribution in [2.75, 3.05) is 5.73 Å². The number of nitrogens with zero attached hydrogens (tertiary/aromatic N) is 1. The third kappa shape index (κ3) is 2.52. The van der Waals surface area contributed by atoms with Gasteiger partial charge in [0.15, 0.2) is 11.4 Å². The van der Waals surface area contributed by atoms with Crippen LogP contribution in [0, 0.1) is 0 Å². The predicted octanol–water partition coefficient (Wildman–Crippen LogP) is 1.55. The van der Waals surface area contributed by atoms with Crippen LogP contribution in [0.4, 0.5) is 5.69 Å². The smallest absolute Gasteiger partial charge is 0.271 e. The Morgan fingerprint density at radius 3 is 2.53 bits per heavy atom. The van der Waals surface area contributed by atoms with Crippen LogP contribution in [0.15, 0.2) is 42.6 Å². The van der Waals surface area contributed by atoms with E-state index in [0.717, 1.165) is 0 Å². The number of ether oxygens (including phenoxy) is 1. The molecule has 1 amide bonds. The van der Waals surface area contributed by atoms with Crippen LogP contribution >= 0.6 is 0 Å². The number of hydrogen-bond donors (Lipinski definition) is 2. The molecule has 1 heterocycles. The Morgan fingerprint density at radius 1 is 1.18 bits per heavy atom. The summed E-state index contributed by atoms with van der Waals surface area (Å²) in [6.45, 7) is 0. The average molecular weight is 229 g/mol. The molecule has 0 saturated heterocycles. The Hall–Kier alpha value is -2.56. The summed E-state index contributed by atoms with van der Waals surface area (Å²) in [5, 5.41) is 0. The number of anilines is 1. The number of aromatic nitrogens is 1. The molecule has 86 valence electrons. The van der Waals surface area contributed by atoms with Crippen LogP contribution in [0.2, 0.25) is 0 Å². The van der Waals surface area contributed by atoms with E-state index in [2.05, 4.69) is 4.98 Å². The number of primary amides is 1. The molecule has 0 aliphatic heterocycles. The van der Waals surface area contributed by atoms with E-state index in [4.69, 9.17) is 16.2 Å². The molecule has 5 heteroatoms. The zero-order valence-corrected chi connectivity index (χ0v) is 8.96. The highest BCUT2D eigenvalue weighted by atomic mass is 16.5. The molecule has 0 spiro atoms. The lowest BCUT2D eigenvalue weighted by atomic mass is 10.3. The van der Waals surface area contributed by atoms with E-state index in [1.54, 1.807) is 36.4 Å². The van der Waals surface area contributed by atoms with Crippen molar-refractivity contribution in [3.63, 3.8) is 0 Å². The first kappa shape index (κ1) is 10.9. The molecule has 17 heavy (non-hydrogen) atoms. The van der Waals surface area contributed by atoms with Crippen molar-refractivity contribution in [2.24, 2.45) is 5.73 Å². The van der Waals surface area contributed by atoms with Gasteiger partial charge in [0.1, 0.15) is 5.75 Å². The van der Waals surface area contributed by atoms with E-state index >= 15 is 0 Å². The Bertz CT molecular complexity index is 538. The van der Waals surface area contributed by atoms with Crippen molar-refractivity contribution < 1.29 is 9.53 Å². The fraction of sp³-hybridized carbons (Fsp3) is 0. The largest absolute Gasteiger partial charge is 0.455 e. The number of carbonyl (C=O) groups excluding carboxylic acids is 1. The topological polar surface area (TPSA) is 91.2 Å². The van der Waals surface area contributed by atoms with Crippen LogP contribution in [0.5, 0.6) is 11.5 Å². The number of rotatable bonds is 3. The Morgan fingerprint density at radius 2 is 1.88 bits per heavy atom. The number of amides is 1. The number of nitrogens with two attached hydrogens (primary N) is 2. The van der Waals surface area contributed by atoms with E-state index in [9.17, 15) is 4.79 Å². The highest BCUT2D eigenvalue weighted by Gasteiger charge is 2.10. The summed E-state index contributed by atoms with van der Waals surface area (Å²) >= 11 is 0. The fourth-order valence-electron chi connectivity index (χ4n) is 1.32. The van der Waals surface area contributed by atoms with Crippen LogP contribution in [-0.2, 0) is 0 Å². The summed E-state index contributed by atoms with van der Waals surface area (Å²) in [6, 6.07) is 10.1. The molecule has 0 radical (unpaired) electrons. The molecule has 0 aliphatic rings. The van der Waals surface area contributed by atoms with Gasteiger partial charge in [-0.05, 0) is 36.4 Å². The highest BCUT2D eigenvalue weighted by molar-refractivity contribution is 5.93. The summed E-state index contributed by atoms with van der Waals surface area (Å²) in [7, 11) is 0. The Balaban J connectivity index is 2.30. The molecule has 0 unspecified atom stereocenters. The number of carbonyl (C=O) groups is 1. The minimum absolute atomic E-state index is 0.101. The second kappa shape index (κ2) is 4.52. The van der Waals surface area contributed by atoms with E-state index in [1.807, 2.05) is 0 Å². The van der Waals surface area contributed by atoms with Crippen molar-refractivity contribution in [1.29, 1.82) is 0 Å². The van der Waals surface area contributed by atoms with Crippen molar-refractivity contribution in [2.45, 2.75) is 0 Å². The first-order valence-electron chi connectivity index (χ1n) is 4.95. The molecule has 0 atom stereocenters. The maximum atomic E-state index is 11.1. The molecule has 1 aromatic heterocycles. The van der Waals surface area contributed by atoms with Crippen LogP contribution in [0.3, 0.4) is 0 Å². The van der Waals surface area contributed by atoms with Gasteiger partial charge in [0.25, 0.3) is 5.91 Å². The number of benzene rings is 1. The van der Waals surface area contributed by atoms with Gasteiger partial charge < -0.3 is 16.2 Å². The number of hydrogen-bond acceptors (Lipinski definition) is 4. The zero-order chi connectivity index (χ0) is 12.3. The normalized spacial score (nSPS) is 9.88. The minimum atomic E-state index is -0.629. The molecule has 0 bridgehead atoms. The van der Waals surface area contributed by atoms with Gasteiger partial charge in [0, 0.05) is 11.9 Å². The molecule has 0 saturated carbocycles. The van der Waals surface area contributed by atoms with Crippen LogP contribution < -0.4 is 16.2 Å². The van der Waals surface area contributed by atoms with E-state index < -0.39 is 5.91 Å². The molecule has 2 aromatic rings. The third-order valence-electron chi connectivity index (χ3n) is 2.11. The lowest BCUT2D eigenvalue weighted by Crippen LogP contribution is -2.14. The fourth-order valence-corrected chi connectivity index (χ4v) is 1.32. The van der Waals surface area contributed by atoms with Crippen molar-refractivity contribution in [3.05, 3.63) is 48.3 Å². The van der Waals surface area contributed by atoms with Gasteiger partial charge in [-0.1, -0.05) is 0 Å². The summed E-state index contributed by atoms with van der Waals surface area (Å²) in [6.07, 6.45) is 1.48. The van der Waals surface area contributed by atoms with Crippen molar-refractivity contribution in [3.8, 4) is 11.5 Å². The zero-order valence-electron chi connectivity index (χ0n) is 8.96. The lowest BCUT2D eigenvalue weighted by Gasteiger charge is -2.08. The van der Waals surface area contributed by atoms with Crippen molar-refractivity contribution >= 4 is 11.6 Å². The van der Waals surface area contributed by atoms with Crippen LogP contribution in [0.1, 0.15) is 10.5 Å². The van der Waals surface area contributed by atoms with Gasteiger partial charge in [-0.15, -0.1) is 0 Å². The molecule has 2 rings (SSSR count). The van der Waals surface area contributed by atoms with E-state index in [0.29, 0.717) is 17.2 Å².